The number of hydrogen-bond acceptors (Lipinski definition) is 6. The number of nitro groups is 1. The summed E-state index contributed by atoms with van der Waals surface area (Å²) in [5.41, 5.74) is 1.65. The fourth-order valence-electron chi connectivity index (χ4n) is 3.52. The van der Waals surface area contributed by atoms with Crippen LogP contribution in [0.2, 0.25) is 0 Å². The van der Waals surface area contributed by atoms with Crippen LogP contribution < -0.4 is 0 Å². The molecule has 0 bridgehead atoms. The molecular formula is C21H21N3O5. The number of non-ortho nitro benzene ring substituents is 1. The average molecular weight is 395 g/mol. The third-order valence-corrected chi connectivity index (χ3v) is 4.92. The number of benzene rings is 2. The van der Waals surface area contributed by atoms with Crippen LogP contribution in [0.25, 0.3) is 10.9 Å². The average Bonchev–Trinajstić information content (AvgIpc) is 3.17. The highest BCUT2D eigenvalue weighted by atomic mass is 16.6. The summed E-state index contributed by atoms with van der Waals surface area (Å²) in [5.74, 6) is -0.556. The number of nitrogens with zero attached hydrogens (tertiary/aromatic N) is 2. The number of nitro benzene ring substituents is 1. The van der Waals surface area contributed by atoms with Gasteiger partial charge in [0.05, 0.1) is 11.5 Å². The van der Waals surface area contributed by atoms with Gasteiger partial charge in [0.15, 0.2) is 0 Å². The molecule has 0 amide bonds. The van der Waals surface area contributed by atoms with Crippen LogP contribution >= 0.6 is 0 Å². The lowest BCUT2D eigenvalue weighted by Crippen LogP contribution is -2.44. The van der Waals surface area contributed by atoms with Crippen molar-refractivity contribution >= 4 is 22.6 Å². The molecule has 2 aromatic carbocycles. The number of fused-ring (bicyclic) bond motifs is 1. The summed E-state index contributed by atoms with van der Waals surface area (Å²) >= 11 is 0. The molecule has 0 spiro atoms. The van der Waals surface area contributed by atoms with Gasteiger partial charge in [-0.05, 0) is 11.6 Å². The minimum Gasteiger partial charge on any atom is -0.458 e. The molecule has 4 rings (SSSR count). The second-order valence-corrected chi connectivity index (χ2v) is 6.99. The molecule has 0 saturated carbocycles. The number of nitrogens with one attached hydrogen (secondary N) is 1. The molecule has 1 N–H and O–H groups in total. The number of esters is 1. The van der Waals surface area contributed by atoms with Gasteiger partial charge in [-0.25, -0.2) is 4.79 Å². The molecule has 1 aliphatic heterocycles. The fourth-order valence-corrected chi connectivity index (χ4v) is 3.52. The smallest absolute Gasteiger partial charge is 0.354 e. The van der Waals surface area contributed by atoms with E-state index in [1.807, 2.05) is 18.2 Å². The van der Waals surface area contributed by atoms with E-state index in [9.17, 15) is 14.9 Å². The first kappa shape index (κ1) is 19.1. The summed E-state index contributed by atoms with van der Waals surface area (Å²) in [7, 11) is 0. The summed E-state index contributed by atoms with van der Waals surface area (Å²) in [6.07, 6.45) is -0.213. The van der Waals surface area contributed by atoms with E-state index in [1.54, 1.807) is 18.2 Å². The fraction of sp³-hybridized carbons (Fsp3) is 0.286. The van der Waals surface area contributed by atoms with Gasteiger partial charge in [-0.3, -0.25) is 15.0 Å². The lowest BCUT2D eigenvalue weighted by molar-refractivity contribution is -0.383. The zero-order valence-corrected chi connectivity index (χ0v) is 15.7. The quantitative estimate of drug-likeness (QED) is 0.391. The van der Waals surface area contributed by atoms with Crippen molar-refractivity contribution < 1.29 is 19.2 Å². The van der Waals surface area contributed by atoms with Crippen LogP contribution in [-0.2, 0) is 16.0 Å². The number of aromatic nitrogens is 1. The number of para-hydroxylation sites is 1. The highest BCUT2D eigenvalue weighted by Crippen LogP contribution is 2.25. The number of rotatable bonds is 6. The zero-order chi connectivity index (χ0) is 20.2. The van der Waals surface area contributed by atoms with Crippen LogP contribution in [0, 0.1) is 10.1 Å². The minimum absolute atomic E-state index is 0.0753. The Balaban J connectivity index is 1.36. The van der Waals surface area contributed by atoms with Gasteiger partial charge in [-0.15, -0.1) is 0 Å². The van der Waals surface area contributed by atoms with Crippen LogP contribution in [0.3, 0.4) is 0 Å². The topological polar surface area (TPSA) is 97.7 Å². The van der Waals surface area contributed by atoms with E-state index in [1.165, 1.54) is 11.6 Å². The van der Waals surface area contributed by atoms with Crippen LogP contribution in [-0.4, -0.2) is 53.2 Å². The Labute approximate surface area is 167 Å². The van der Waals surface area contributed by atoms with E-state index in [2.05, 4.69) is 22.0 Å². The van der Waals surface area contributed by atoms with Crippen LogP contribution in [0.1, 0.15) is 16.1 Å². The maximum Gasteiger partial charge on any atom is 0.354 e. The van der Waals surface area contributed by atoms with E-state index in [4.69, 9.17) is 9.47 Å². The number of ether oxygens (including phenoxy) is 2. The standard InChI is InChI=1S/C21H21N3O5/c25-21(18-11-16-7-4-8-19(24(26)27)20(16)22-18)29-14-17-13-23(9-10-28-17)12-15-5-2-1-3-6-15/h1-8,11,17,22H,9-10,12-14H2. The van der Waals surface area contributed by atoms with E-state index < -0.39 is 10.9 Å². The first-order valence-corrected chi connectivity index (χ1v) is 9.41. The Morgan fingerprint density at radius 1 is 1.24 bits per heavy atom. The van der Waals surface area contributed by atoms with Crippen molar-refractivity contribution in [3.8, 4) is 0 Å². The number of carbonyl (C=O) groups is 1. The Morgan fingerprint density at radius 2 is 2.07 bits per heavy atom. The normalized spacial score (nSPS) is 17.3. The molecule has 1 aromatic heterocycles. The molecule has 1 unspecified atom stereocenters. The maximum absolute atomic E-state index is 12.4. The molecule has 0 radical (unpaired) electrons. The minimum atomic E-state index is -0.556. The van der Waals surface area contributed by atoms with Crippen LogP contribution in [0.15, 0.2) is 54.6 Å². The number of carbonyl (C=O) groups excluding carboxylic acids is 1. The van der Waals surface area contributed by atoms with Crippen molar-refractivity contribution in [3.05, 3.63) is 76.0 Å². The Bertz CT molecular complexity index is 1020. The number of aromatic amines is 1. The van der Waals surface area contributed by atoms with Crippen molar-refractivity contribution in [1.29, 1.82) is 0 Å². The largest absolute Gasteiger partial charge is 0.458 e. The maximum atomic E-state index is 12.4. The predicted molar refractivity (Wildman–Crippen MR) is 107 cm³/mol. The first-order chi connectivity index (χ1) is 14.1. The third kappa shape index (κ3) is 4.44. The van der Waals surface area contributed by atoms with Crippen LogP contribution in [0.4, 0.5) is 5.69 Å². The van der Waals surface area contributed by atoms with Gasteiger partial charge in [0.25, 0.3) is 5.69 Å². The van der Waals surface area contributed by atoms with E-state index >= 15 is 0 Å². The van der Waals surface area contributed by atoms with Gasteiger partial charge < -0.3 is 14.5 Å². The first-order valence-electron chi connectivity index (χ1n) is 9.41. The summed E-state index contributed by atoms with van der Waals surface area (Å²) in [5, 5.41) is 11.7. The Morgan fingerprint density at radius 3 is 2.86 bits per heavy atom. The molecule has 1 aliphatic rings. The molecule has 0 aliphatic carbocycles. The van der Waals surface area contributed by atoms with Gasteiger partial charge in [-0.1, -0.05) is 42.5 Å². The highest BCUT2D eigenvalue weighted by Gasteiger charge is 2.23. The molecule has 2 heterocycles. The van der Waals surface area contributed by atoms with E-state index in [-0.39, 0.29) is 24.1 Å². The summed E-state index contributed by atoms with van der Waals surface area (Å²) in [6, 6.07) is 16.4. The molecule has 3 aromatic rings. The Kier molecular flexibility index (Phi) is 5.55. The van der Waals surface area contributed by atoms with Crippen molar-refractivity contribution in [1.82, 2.24) is 9.88 Å². The number of hydrogen-bond donors (Lipinski definition) is 1. The van der Waals surface area contributed by atoms with Gasteiger partial charge in [0, 0.05) is 31.1 Å². The second kappa shape index (κ2) is 8.42. The SMILES string of the molecule is O=C(OCC1CN(Cc2ccccc2)CCO1)c1cc2cccc([N+](=O)[O-])c2[nH]1. The lowest BCUT2D eigenvalue weighted by atomic mass is 10.2. The van der Waals surface area contributed by atoms with Gasteiger partial charge in [-0.2, -0.15) is 0 Å². The zero-order valence-electron chi connectivity index (χ0n) is 15.7. The molecule has 8 nitrogen and oxygen atoms in total. The monoisotopic (exact) mass is 395 g/mol. The van der Waals surface area contributed by atoms with Gasteiger partial charge in [0.2, 0.25) is 0 Å². The van der Waals surface area contributed by atoms with Crippen molar-refractivity contribution in [3.63, 3.8) is 0 Å². The summed E-state index contributed by atoms with van der Waals surface area (Å²) in [6.45, 7) is 3.01. The molecule has 1 fully saturated rings. The molecule has 8 heteroatoms. The van der Waals surface area contributed by atoms with Crippen molar-refractivity contribution in [2.75, 3.05) is 26.3 Å². The molecule has 29 heavy (non-hydrogen) atoms. The predicted octanol–water partition coefficient (Wildman–Crippen LogP) is 3.13. The molecule has 1 saturated heterocycles. The molecule has 150 valence electrons. The number of H-pyrrole nitrogens is 1. The highest BCUT2D eigenvalue weighted by molar-refractivity contribution is 5.97. The molecular weight excluding hydrogens is 374 g/mol. The van der Waals surface area contributed by atoms with Gasteiger partial charge >= 0.3 is 5.97 Å². The summed E-state index contributed by atoms with van der Waals surface area (Å²) in [4.78, 5) is 28.1. The third-order valence-electron chi connectivity index (χ3n) is 4.92. The van der Waals surface area contributed by atoms with Crippen molar-refractivity contribution in [2.24, 2.45) is 0 Å². The van der Waals surface area contributed by atoms with Crippen LogP contribution in [0.5, 0.6) is 0 Å². The number of morpholine rings is 1. The van der Waals surface area contributed by atoms with Gasteiger partial charge in [0.1, 0.15) is 23.9 Å². The second-order valence-electron chi connectivity index (χ2n) is 6.99. The lowest BCUT2D eigenvalue weighted by Gasteiger charge is -2.32. The molecule has 1 atom stereocenters. The summed E-state index contributed by atoms with van der Waals surface area (Å²) < 4.78 is 11.1. The Hall–Kier alpha value is -3.23. The van der Waals surface area contributed by atoms with E-state index in [0.717, 1.165) is 13.1 Å². The van der Waals surface area contributed by atoms with Crippen molar-refractivity contribution in [2.45, 2.75) is 12.6 Å². The van der Waals surface area contributed by atoms with E-state index in [0.29, 0.717) is 24.1 Å².